The molecule has 168 valence electrons. The molecule has 2 aromatic rings. The van der Waals surface area contributed by atoms with Crippen molar-refractivity contribution in [2.75, 3.05) is 39.9 Å². The Hall–Kier alpha value is -3.42. The molecule has 0 aliphatic carbocycles. The zero-order valence-electron chi connectivity index (χ0n) is 18.5. The van der Waals surface area contributed by atoms with Crippen LogP contribution in [0.15, 0.2) is 36.4 Å². The molecule has 0 radical (unpaired) electrons. The summed E-state index contributed by atoms with van der Waals surface area (Å²) in [6.45, 7) is 4.32. The number of esters is 1. The van der Waals surface area contributed by atoms with Crippen LogP contribution in [0, 0.1) is 5.92 Å². The molecule has 1 amide bonds. The molecule has 0 unspecified atom stereocenters. The van der Waals surface area contributed by atoms with Crippen molar-refractivity contribution >= 4 is 17.6 Å². The van der Waals surface area contributed by atoms with E-state index in [1.807, 2.05) is 0 Å². The van der Waals surface area contributed by atoms with Gasteiger partial charge in [0.15, 0.2) is 18.1 Å². The summed E-state index contributed by atoms with van der Waals surface area (Å²) in [5.74, 6) is 1.35. The lowest BCUT2D eigenvalue weighted by molar-refractivity contribution is -0.119. The number of nitrogens with one attached hydrogen (secondary N) is 1. The van der Waals surface area contributed by atoms with Crippen LogP contribution in [0.3, 0.4) is 0 Å². The largest absolute Gasteiger partial charge is 0.497 e. The van der Waals surface area contributed by atoms with Crippen molar-refractivity contribution in [2.24, 2.45) is 5.92 Å². The van der Waals surface area contributed by atoms with Crippen molar-refractivity contribution in [3.05, 3.63) is 42.0 Å². The number of carbonyl (C=O) groups excluding carboxylic acids is 2. The van der Waals surface area contributed by atoms with Crippen LogP contribution in [0.4, 0.5) is 5.69 Å². The van der Waals surface area contributed by atoms with Gasteiger partial charge in [-0.3, -0.25) is 4.79 Å². The number of benzene rings is 2. The molecule has 8 heteroatoms. The lowest BCUT2D eigenvalue weighted by Crippen LogP contribution is -2.21. The predicted octanol–water partition coefficient (Wildman–Crippen LogP) is 3.93. The number of anilines is 1. The van der Waals surface area contributed by atoms with Crippen molar-refractivity contribution in [3.63, 3.8) is 0 Å². The van der Waals surface area contributed by atoms with E-state index in [0.717, 1.165) is 6.42 Å². The van der Waals surface area contributed by atoms with Gasteiger partial charge in [0.05, 0.1) is 39.2 Å². The zero-order valence-corrected chi connectivity index (χ0v) is 18.5. The molecule has 0 bridgehead atoms. The van der Waals surface area contributed by atoms with Gasteiger partial charge in [-0.1, -0.05) is 13.8 Å². The molecule has 8 nitrogen and oxygen atoms in total. The maximum Gasteiger partial charge on any atom is 0.338 e. The molecule has 0 atom stereocenters. The zero-order chi connectivity index (χ0) is 22.8. The van der Waals surface area contributed by atoms with E-state index in [1.54, 1.807) is 30.3 Å². The Balaban J connectivity index is 1.95. The van der Waals surface area contributed by atoms with Crippen LogP contribution in [0.2, 0.25) is 0 Å². The Bertz CT molecular complexity index is 895. The lowest BCUT2D eigenvalue weighted by Gasteiger charge is -2.13. The van der Waals surface area contributed by atoms with E-state index in [1.165, 1.54) is 27.4 Å². The van der Waals surface area contributed by atoms with Crippen molar-refractivity contribution in [1.29, 1.82) is 0 Å². The van der Waals surface area contributed by atoms with Crippen LogP contribution in [0.5, 0.6) is 23.0 Å². The Labute approximate surface area is 182 Å². The summed E-state index contributed by atoms with van der Waals surface area (Å²) in [5, 5.41) is 2.64. The van der Waals surface area contributed by atoms with Crippen LogP contribution >= 0.6 is 0 Å². The Morgan fingerprint density at radius 2 is 1.65 bits per heavy atom. The number of hydrogen-bond acceptors (Lipinski definition) is 7. The molecule has 0 fully saturated rings. The first kappa shape index (κ1) is 23.9. The molecule has 2 aromatic carbocycles. The maximum absolute atomic E-state index is 12.4. The monoisotopic (exact) mass is 431 g/mol. The number of carbonyl (C=O) groups is 2. The molecule has 0 saturated carbocycles. The first-order chi connectivity index (χ1) is 14.9. The van der Waals surface area contributed by atoms with E-state index in [4.69, 9.17) is 23.7 Å². The van der Waals surface area contributed by atoms with Crippen LogP contribution in [-0.4, -0.2) is 46.4 Å². The van der Waals surface area contributed by atoms with E-state index in [2.05, 4.69) is 19.2 Å². The molecule has 0 heterocycles. The maximum atomic E-state index is 12.4. The Morgan fingerprint density at radius 1 is 0.903 bits per heavy atom. The third-order valence-corrected chi connectivity index (χ3v) is 4.37. The number of rotatable bonds is 11. The minimum absolute atomic E-state index is 0.253. The molecule has 0 saturated heterocycles. The molecule has 2 rings (SSSR count). The van der Waals surface area contributed by atoms with Crippen LogP contribution < -0.4 is 24.3 Å². The smallest absolute Gasteiger partial charge is 0.338 e. The molecule has 31 heavy (non-hydrogen) atoms. The summed E-state index contributed by atoms with van der Waals surface area (Å²) >= 11 is 0. The van der Waals surface area contributed by atoms with Gasteiger partial charge in [0, 0.05) is 6.07 Å². The average molecular weight is 431 g/mol. The van der Waals surface area contributed by atoms with Crippen molar-refractivity contribution in [2.45, 2.75) is 20.3 Å². The SMILES string of the molecule is COc1ccc(NC(=O)COC(=O)c2ccc(OCCC(C)C)c(OC)c2)c(OC)c1. The highest BCUT2D eigenvalue weighted by Gasteiger charge is 2.15. The van der Waals surface area contributed by atoms with Crippen LogP contribution in [0.1, 0.15) is 30.6 Å². The summed E-state index contributed by atoms with van der Waals surface area (Å²) in [7, 11) is 4.51. The van der Waals surface area contributed by atoms with Gasteiger partial charge in [-0.25, -0.2) is 4.79 Å². The van der Waals surface area contributed by atoms with Crippen molar-refractivity contribution in [3.8, 4) is 23.0 Å². The van der Waals surface area contributed by atoms with Gasteiger partial charge < -0.3 is 29.0 Å². The Kier molecular flexibility index (Phi) is 8.99. The second-order valence-electron chi connectivity index (χ2n) is 7.09. The topological polar surface area (TPSA) is 92.3 Å². The Morgan fingerprint density at radius 3 is 2.29 bits per heavy atom. The van der Waals surface area contributed by atoms with E-state index in [0.29, 0.717) is 41.2 Å². The molecule has 0 spiro atoms. The van der Waals surface area contributed by atoms with Gasteiger partial charge in [0.1, 0.15) is 11.5 Å². The van der Waals surface area contributed by atoms with Gasteiger partial charge in [-0.05, 0) is 42.7 Å². The summed E-state index contributed by atoms with van der Waals surface area (Å²) in [6, 6.07) is 9.70. The molecular formula is C23H29NO7. The first-order valence-electron chi connectivity index (χ1n) is 9.87. The number of ether oxygens (including phenoxy) is 5. The van der Waals surface area contributed by atoms with Gasteiger partial charge in [0.25, 0.3) is 5.91 Å². The number of hydrogen-bond donors (Lipinski definition) is 1. The van der Waals surface area contributed by atoms with Crippen molar-refractivity contribution in [1.82, 2.24) is 0 Å². The van der Waals surface area contributed by atoms with Crippen LogP contribution in [0.25, 0.3) is 0 Å². The lowest BCUT2D eigenvalue weighted by atomic mass is 10.1. The van der Waals surface area contributed by atoms with Gasteiger partial charge in [-0.2, -0.15) is 0 Å². The fraction of sp³-hybridized carbons (Fsp3) is 0.391. The third-order valence-electron chi connectivity index (χ3n) is 4.37. The predicted molar refractivity (Wildman–Crippen MR) is 116 cm³/mol. The van der Waals surface area contributed by atoms with Gasteiger partial charge >= 0.3 is 5.97 Å². The minimum atomic E-state index is -0.649. The minimum Gasteiger partial charge on any atom is -0.497 e. The highest BCUT2D eigenvalue weighted by molar-refractivity contribution is 5.96. The average Bonchev–Trinajstić information content (AvgIpc) is 2.77. The van der Waals surface area contributed by atoms with E-state index in [9.17, 15) is 9.59 Å². The normalized spacial score (nSPS) is 10.4. The summed E-state index contributed by atoms with van der Waals surface area (Å²) in [4.78, 5) is 24.6. The first-order valence-corrected chi connectivity index (χ1v) is 9.87. The van der Waals surface area contributed by atoms with Gasteiger partial charge in [0.2, 0.25) is 0 Å². The number of amides is 1. The summed E-state index contributed by atoms with van der Waals surface area (Å²) in [6.07, 6.45) is 0.904. The molecule has 1 N–H and O–H groups in total. The standard InChI is InChI=1S/C23H29NO7/c1-15(2)10-11-30-19-9-6-16(12-21(19)29-5)23(26)31-14-22(25)24-18-8-7-17(27-3)13-20(18)28-4/h6-9,12-13,15H,10-11,14H2,1-5H3,(H,24,25). The highest BCUT2D eigenvalue weighted by atomic mass is 16.5. The highest BCUT2D eigenvalue weighted by Crippen LogP contribution is 2.30. The molecule has 0 aromatic heterocycles. The molecular weight excluding hydrogens is 402 g/mol. The van der Waals surface area contributed by atoms with E-state index >= 15 is 0 Å². The van der Waals surface area contributed by atoms with E-state index in [-0.39, 0.29) is 5.56 Å². The number of methoxy groups -OCH3 is 3. The molecule has 0 aliphatic heterocycles. The second kappa shape index (κ2) is 11.7. The van der Waals surface area contributed by atoms with E-state index < -0.39 is 18.5 Å². The summed E-state index contributed by atoms with van der Waals surface area (Å²) in [5.41, 5.74) is 0.691. The van der Waals surface area contributed by atoms with Crippen LogP contribution in [-0.2, 0) is 9.53 Å². The summed E-state index contributed by atoms with van der Waals surface area (Å²) < 4.78 is 26.5. The third kappa shape index (κ3) is 7.09. The van der Waals surface area contributed by atoms with Crippen molar-refractivity contribution < 1.29 is 33.3 Å². The fourth-order valence-electron chi connectivity index (χ4n) is 2.62. The van der Waals surface area contributed by atoms with Gasteiger partial charge in [-0.15, -0.1) is 0 Å². The fourth-order valence-corrected chi connectivity index (χ4v) is 2.62. The quantitative estimate of drug-likeness (QED) is 0.539. The second-order valence-corrected chi connectivity index (χ2v) is 7.09. The molecule has 0 aliphatic rings.